The van der Waals surface area contributed by atoms with Crippen molar-refractivity contribution in [3.8, 4) is 5.75 Å². The van der Waals surface area contributed by atoms with Gasteiger partial charge in [0.2, 0.25) is 0 Å². The molecule has 1 unspecified atom stereocenters. The molecule has 1 aromatic rings. The smallest absolute Gasteiger partial charge is 0.122 e. The lowest BCUT2D eigenvalue weighted by Crippen LogP contribution is -2.19. The van der Waals surface area contributed by atoms with Crippen molar-refractivity contribution in [2.75, 3.05) is 11.9 Å². The first-order valence-corrected chi connectivity index (χ1v) is 5.84. The van der Waals surface area contributed by atoms with E-state index in [0.29, 0.717) is 11.9 Å². The Morgan fingerprint density at radius 1 is 1.43 bits per heavy atom. The number of halogens is 1. The second kappa shape index (κ2) is 6.04. The van der Waals surface area contributed by atoms with Gasteiger partial charge in [-0.1, -0.05) is 41.1 Å². The van der Waals surface area contributed by atoms with Gasteiger partial charge in [-0.25, -0.2) is 0 Å². The Hall–Kier alpha value is -0.540. The minimum absolute atomic E-state index is 0.336. The summed E-state index contributed by atoms with van der Waals surface area (Å²) < 4.78 is 5.50. The molecule has 0 heterocycles. The normalized spacial score (nSPS) is 12.5. The quantitative estimate of drug-likeness (QED) is 0.823. The molecule has 0 amide bonds. The molecule has 0 radical (unpaired) electrons. The topological polar surface area (TPSA) is 29.5 Å². The highest BCUT2D eigenvalue weighted by Crippen LogP contribution is 2.18. The predicted octanol–water partition coefficient (Wildman–Crippen LogP) is 2.38. The summed E-state index contributed by atoms with van der Waals surface area (Å²) in [5.74, 6) is 0.870. The molecule has 0 saturated carbocycles. The third-order valence-corrected chi connectivity index (χ3v) is 2.71. The zero-order valence-electron chi connectivity index (χ0n) is 8.24. The zero-order valence-corrected chi connectivity index (χ0v) is 9.83. The maximum atomic E-state index is 9.31. The SMILES string of the molecule is CCc1ccccc1OCC(O)CBr. The molecule has 1 rings (SSSR count). The summed E-state index contributed by atoms with van der Waals surface area (Å²) in [5.41, 5.74) is 1.18. The van der Waals surface area contributed by atoms with Crippen LogP contribution in [0.4, 0.5) is 0 Å². The van der Waals surface area contributed by atoms with E-state index in [-0.39, 0.29) is 0 Å². The molecule has 1 aromatic carbocycles. The molecular formula is C11H15BrO2. The fourth-order valence-electron chi connectivity index (χ4n) is 1.17. The van der Waals surface area contributed by atoms with Crippen LogP contribution in [0.2, 0.25) is 0 Å². The van der Waals surface area contributed by atoms with Gasteiger partial charge in [-0.2, -0.15) is 0 Å². The van der Waals surface area contributed by atoms with Crippen molar-refractivity contribution in [3.63, 3.8) is 0 Å². The third kappa shape index (κ3) is 3.31. The summed E-state index contributed by atoms with van der Waals surface area (Å²) in [7, 11) is 0. The third-order valence-electron chi connectivity index (χ3n) is 1.96. The van der Waals surface area contributed by atoms with Crippen molar-refractivity contribution < 1.29 is 9.84 Å². The number of aryl methyl sites for hydroxylation is 1. The number of ether oxygens (including phenoxy) is 1. The van der Waals surface area contributed by atoms with Crippen molar-refractivity contribution in [1.29, 1.82) is 0 Å². The van der Waals surface area contributed by atoms with E-state index in [0.717, 1.165) is 12.2 Å². The first-order chi connectivity index (χ1) is 6.77. The van der Waals surface area contributed by atoms with Crippen LogP contribution in [0.5, 0.6) is 5.75 Å². The number of alkyl halides is 1. The van der Waals surface area contributed by atoms with Gasteiger partial charge in [0.05, 0.1) is 6.10 Å². The van der Waals surface area contributed by atoms with Gasteiger partial charge in [0.1, 0.15) is 12.4 Å². The molecule has 0 fully saturated rings. The highest BCUT2D eigenvalue weighted by Gasteiger charge is 2.04. The van der Waals surface area contributed by atoms with Crippen molar-refractivity contribution in [2.24, 2.45) is 0 Å². The Morgan fingerprint density at radius 3 is 2.79 bits per heavy atom. The molecule has 0 aliphatic rings. The minimum atomic E-state index is -0.445. The summed E-state index contributed by atoms with van der Waals surface area (Å²) in [6.07, 6.45) is 0.500. The highest BCUT2D eigenvalue weighted by atomic mass is 79.9. The number of rotatable bonds is 5. The first-order valence-electron chi connectivity index (χ1n) is 4.72. The molecule has 0 aliphatic carbocycles. The van der Waals surface area contributed by atoms with Crippen LogP contribution in [-0.2, 0) is 6.42 Å². The van der Waals surface area contributed by atoms with Crippen LogP contribution in [0.15, 0.2) is 24.3 Å². The minimum Gasteiger partial charge on any atom is -0.491 e. The summed E-state index contributed by atoms with van der Waals surface area (Å²) in [6.45, 7) is 2.42. The van der Waals surface area contributed by atoms with Gasteiger partial charge < -0.3 is 9.84 Å². The number of aliphatic hydroxyl groups is 1. The fourth-order valence-corrected chi connectivity index (χ4v) is 1.35. The first kappa shape index (κ1) is 11.5. The van der Waals surface area contributed by atoms with Crippen molar-refractivity contribution >= 4 is 15.9 Å². The molecule has 0 spiro atoms. The summed E-state index contributed by atoms with van der Waals surface area (Å²) >= 11 is 3.19. The number of hydrogen-bond acceptors (Lipinski definition) is 2. The van der Waals surface area contributed by atoms with Gasteiger partial charge in [0, 0.05) is 5.33 Å². The molecular weight excluding hydrogens is 244 g/mol. The maximum Gasteiger partial charge on any atom is 0.122 e. The lowest BCUT2D eigenvalue weighted by atomic mass is 10.1. The summed E-state index contributed by atoms with van der Waals surface area (Å²) in [5, 5.41) is 9.85. The monoisotopic (exact) mass is 258 g/mol. The Morgan fingerprint density at radius 2 is 2.14 bits per heavy atom. The van der Waals surface area contributed by atoms with E-state index in [1.54, 1.807) is 0 Å². The Bertz CT molecular complexity index is 276. The van der Waals surface area contributed by atoms with Gasteiger partial charge in [0.15, 0.2) is 0 Å². The van der Waals surface area contributed by atoms with E-state index < -0.39 is 6.10 Å². The molecule has 0 aromatic heterocycles. The summed E-state index contributed by atoms with van der Waals surface area (Å²) in [6, 6.07) is 7.90. The Labute approximate surface area is 93.0 Å². The number of aliphatic hydroxyl groups excluding tert-OH is 1. The molecule has 1 N–H and O–H groups in total. The zero-order chi connectivity index (χ0) is 10.4. The van der Waals surface area contributed by atoms with Crippen LogP contribution in [-0.4, -0.2) is 23.1 Å². The van der Waals surface area contributed by atoms with Gasteiger partial charge >= 0.3 is 0 Å². The van der Waals surface area contributed by atoms with E-state index in [1.165, 1.54) is 5.56 Å². The van der Waals surface area contributed by atoms with Crippen LogP contribution in [0.1, 0.15) is 12.5 Å². The van der Waals surface area contributed by atoms with Crippen LogP contribution in [0.3, 0.4) is 0 Å². The molecule has 1 atom stereocenters. The van der Waals surface area contributed by atoms with Gasteiger partial charge in [-0.3, -0.25) is 0 Å². The van der Waals surface area contributed by atoms with E-state index in [1.807, 2.05) is 24.3 Å². The average Bonchev–Trinajstić information content (AvgIpc) is 2.26. The van der Waals surface area contributed by atoms with E-state index in [2.05, 4.69) is 22.9 Å². The highest BCUT2D eigenvalue weighted by molar-refractivity contribution is 9.09. The standard InChI is InChI=1S/C11H15BrO2/c1-2-9-5-3-4-6-11(9)14-8-10(13)7-12/h3-6,10,13H,2,7-8H2,1H3. The largest absolute Gasteiger partial charge is 0.491 e. The molecule has 14 heavy (non-hydrogen) atoms. The Balaban J connectivity index is 2.57. The number of hydrogen-bond donors (Lipinski definition) is 1. The van der Waals surface area contributed by atoms with Crippen molar-refractivity contribution in [3.05, 3.63) is 29.8 Å². The summed E-state index contributed by atoms with van der Waals surface area (Å²) in [4.78, 5) is 0. The molecule has 0 saturated heterocycles. The van der Waals surface area contributed by atoms with Gasteiger partial charge in [-0.05, 0) is 18.1 Å². The maximum absolute atomic E-state index is 9.31. The molecule has 2 nitrogen and oxygen atoms in total. The Kier molecular flexibility index (Phi) is 4.98. The molecule has 78 valence electrons. The second-order valence-electron chi connectivity index (χ2n) is 3.08. The van der Waals surface area contributed by atoms with Crippen LogP contribution < -0.4 is 4.74 Å². The lowest BCUT2D eigenvalue weighted by molar-refractivity contribution is 0.126. The lowest BCUT2D eigenvalue weighted by Gasteiger charge is -2.12. The fraction of sp³-hybridized carbons (Fsp3) is 0.455. The van der Waals surface area contributed by atoms with Crippen molar-refractivity contribution in [1.82, 2.24) is 0 Å². The second-order valence-corrected chi connectivity index (χ2v) is 3.73. The number of para-hydroxylation sites is 1. The molecule has 0 bridgehead atoms. The van der Waals surface area contributed by atoms with Gasteiger partial charge in [-0.15, -0.1) is 0 Å². The van der Waals surface area contributed by atoms with E-state index in [9.17, 15) is 5.11 Å². The van der Waals surface area contributed by atoms with E-state index >= 15 is 0 Å². The van der Waals surface area contributed by atoms with Crippen LogP contribution in [0, 0.1) is 0 Å². The molecule has 3 heteroatoms. The van der Waals surface area contributed by atoms with Crippen LogP contribution >= 0.6 is 15.9 Å². The number of benzene rings is 1. The van der Waals surface area contributed by atoms with Gasteiger partial charge in [0.25, 0.3) is 0 Å². The molecule has 0 aliphatic heterocycles. The van der Waals surface area contributed by atoms with Crippen LogP contribution in [0.25, 0.3) is 0 Å². The van der Waals surface area contributed by atoms with Crippen molar-refractivity contribution in [2.45, 2.75) is 19.4 Å². The average molecular weight is 259 g/mol. The van der Waals surface area contributed by atoms with E-state index in [4.69, 9.17) is 4.74 Å². The predicted molar refractivity (Wildman–Crippen MR) is 61.1 cm³/mol.